The van der Waals surface area contributed by atoms with Gasteiger partial charge >= 0.3 is 13.7 Å². The number of nitrogens with zero attached hydrogens (tertiary/aromatic N) is 1. The molecule has 2 atom stereocenters. The number of nitrogens with one attached hydrogen (secondary N) is 1. The summed E-state index contributed by atoms with van der Waals surface area (Å²) in [4.78, 5) is 22.0. The molecule has 10 heteroatoms. The van der Waals surface area contributed by atoms with E-state index in [-0.39, 0.29) is 29.9 Å². The molecule has 0 spiro atoms. The fourth-order valence-electron chi connectivity index (χ4n) is 2.60. The van der Waals surface area contributed by atoms with E-state index in [9.17, 15) is 19.5 Å². The first-order valence-electron chi connectivity index (χ1n) is 10.0. The van der Waals surface area contributed by atoms with Gasteiger partial charge in [-0.1, -0.05) is 25.1 Å². The molecule has 0 heterocycles. The van der Waals surface area contributed by atoms with Crippen molar-refractivity contribution in [2.45, 2.75) is 46.1 Å². The SMILES string of the molecule is CCOC(=O)CCc1ccccc1O[P@@](=O)(N[C@@H](C)CC)Oc1ccc([N+](=O)[O-])cc1. The standard InChI is InChI=1S/C21H27N2O7P/c1-4-16(3)22-31(27,29-19-13-11-18(12-14-19)23(25)26)30-20-9-7-6-8-17(20)10-15-21(24)28-5-2/h6-9,11-14,16H,4-5,10,15H2,1-3H3,(H,22,27)/t16-,31+/m0/s1. The average Bonchev–Trinajstić information content (AvgIpc) is 2.73. The second-order valence-electron chi connectivity index (χ2n) is 6.78. The van der Waals surface area contributed by atoms with Gasteiger partial charge in [0.05, 0.1) is 11.5 Å². The van der Waals surface area contributed by atoms with Crippen LogP contribution in [0.2, 0.25) is 0 Å². The van der Waals surface area contributed by atoms with Gasteiger partial charge in [-0.2, -0.15) is 5.09 Å². The van der Waals surface area contributed by atoms with Crippen molar-refractivity contribution in [2.24, 2.45) is 0 Å². The first-order valence-corrected chi connectivity index (χ1v) is 11.6. The van der Waals surface area contributed by atoms with E-state index in [2.05, 4.69) is 5.09 Å². The second-order valence-corrected chi connectivity index (χ2v) is 8.40. The van der Waals surface area contributed by atoms with Gasteiger partial charge in [-0.05, 0) is 50.5 Å². The van der Waals surface area contributed by atoms with Crippen LogP contribution in [-0.4, -0.2) is 23.5 Å². The number of benzene rings is 2. The Morgan fingerprint density at radius 1 is 1.13 bits per heavy atom. The Morgan fingerprint density at radius 2 is 1.81 bits per heavy atom. The van der Waals surface area contributed by atoms with Crippen LogP contribution in [0.5, 0.6) is 11.5 Å². The topological polar surface area (TPSA) is 117 Å². The van der Waals surface area contributed by atoms with Crippen LogP contribution in [0.15, 0.2) is 48.5 Å². The Labute approximate surface area is 181 Å². The van der Waals surface area contributed by atoms with Crippen molar-refractivity contribution in [1.82, 2.24) is 5.09 Å². The normalized spacial score (nSPS) is 13.6. The van der Waals surface area contributed by atoms with Gasteiger partial charge in [0.25, 0.3) is 5.69 Å². The summed E-state index contributed by atoms with van der Waals surface area (Å²) in [5.74, 6) is 0.141. The molecule has 0 aliphatic heterocycles. The third kappa shape index (κ3) is 7.70. The van der Waals surface area contributed by atoms with E-state index < -0.39 is 12.7 Å². The van der Waals surface area contributed by atoms with Gasteiger partial charge in [0.1, 0.15) is 11.5 Å². The molecule has 0 unspecified atom stereocenters. The molecule has 0 saturated carbocycles. The van der Waals surface area contributed by atoms with Crippen molar-refractivity contribution in [3.05, 3.63) is 64.2 Å². The van der Waals surface area contributed by atoms with Crippen molar-refractivity contribution in [3.63, 3.8) is 0 Å². The number of esters is 1. The highest BCUT2D eigenvalue weighted by atomic mass is 31.2. The summed E-state index contributed by atoms with van der Waals surface area (Å²) in [6, 6.07) is 12.0. The molecule has 2 aromatic rings. The number of non-ortho nitro benzene ring substituents is 1. The largest absolute Gasteiger partial charge is 0.513 e. The van der Waals surface area contributed by atoms with E-state index in [1.165, 1.54) is 24.3 Å². The number of ether oxygens (including phenoxy) is 1. The average molecular weight is 450 g/mol. The zero-order valence-electron chi connectivity index (χ0n) is 17.8. The Bertz CT molecular complexity index is 934. The molecule has 2 rings (SSSR count). The summed E-state index contributed by atoms with van der Waals surface area (Å²) in [5, 5.41) is 13.7. The lowest BCUT2D eigenvalue weighted by Gasteiger charge is -2.24. The van der Waals surface area contributed by atoms with Gasteiger partial charge in [0.2, 0.25) is 0 Å². The highest BCUT2D eigenvalue weighted by molar-refractivity contribution is 7.52. The number of hydrogen-bond donors (Lipinski definition) is 1. The van der Waals surface area contributed by atoms with Crippen LogP contribution in [0.4, 0.5) is 5.69 Å². The third-order valence-electron chi connectivity index (χ3n) is 4.36. The summed E-state index contributed by atoms with van der Waals surface area (Å²) >= 11 is 0. The number of carbonyl (C=O) groups excluding carboxylic acids is 1. The third-order valence-corrected chi connectivity index (χ3v) is 6.00. The molecular formula is C21H27N2O7P. The molecule has 31 heavy (non-hydrogen) atoms. The minimum atomic E-state index is -3.90. The van der Waals surface area contributed by atoms with Crippen LogP contribution < -0.4 is 14.1 Å². The number of nitro groups is 1. The molecule has 9 nitrogen and oxygen atoms in total. The number of para-hydroxylation sites is 1. The van der Waals surface area contributed by atoms with Crippen LogP contribution in [0.25, 0.3) is 0 Å². The molecule has 0 radical (unpaired) electrons. The Kier molecular flexibility index (Phi) is 9.03. The van der Waals surface area contributed by atoms with Crippen LogP contribution in [0.1, 0.15) is 39.2 Å². The first-order chi connectivity index (χ1) is 14.8. The molecule has 0 saturated heterocycles. The molecule has 0 fully saturated rings. The van der Waals surface area contributed by atoms with Crippen LogP contribution in [0, 0.1) is 10.1 Å². The summed E-state index contributed by atoms with van der Waals surface area (Å²) in [6.07, 6.45) is 1.16. The second kappa shape index (κ2) is 11.5. The molecule has 0 amide bonds. The maximum atomic E-state index is 13.6. The lowest BCUT2D eigenvalue weighted by atomic mass is 10.1. The molecule has 0 bridgehead atoms. The fourth-order valence-corrected chi connectivity index (χ4v) is 4.30. The number of nitro benzene ring substituents is 1. The Balaban J connectivity index is 2.25. The molecule has 0 aliphatic rings. The minimum absolute atomic E-state index is 0.109. The van der Waals surface area contributed by atoms with Gasteiger partial charge in [-0.3, -0.25) is 14.9 Å². The maximum absolute atomic E-state index is 13.6. The predicted molar refractivity (Wildman–Crippen MR) is 116 cm³/mol. The summed E-state index contributed by atoms with van der Waals surface area (Å²) in [7, 11) is -3.90. The molecule has 0 aliphatic carbocycles. The summed E-state index contributed by atoms with van der Waals surface area (Å²) in [5.41, 5.74) is 0.566. The highest BCUT2D eigenvalue weighted by Gasteiger charge is 2.31. The fraction of sp³-hybridized carbons (Fsp3) is 0.381. The lowest BCUT2D eigenvalue weighted by Crippen LogP contribution is -2.27. The molecule has 0 aromatic heterocycles. The lowest BCUT2D eigenvalue weighted by molar-refractivity contribution is -0.384. The van der Waals surface area contributed by atoms with E-state index in [4.69, 9.17) is 13.8 Å². The van der Waals surface area contributed by atoms with Gasteiger partial charge in [-0.25, -0.2) is 4.57 Å². The molecule has 1 N–H and O–H groups in total. The van der Waals surface area contributed by atoms with Crippen molar-refractivity contribution >= 4 is 19.4 Å². The van der Waals surface area contributed by atoms with Crippen molar-refractivity contribution in [2.75, 3.05) is 6.61 Å². The number of carbonyl (C=O) groups is 1. The van der Waals surface area contributed by atoms with Gasteiger partial charge < -0.3 is 13.8 Å². The monoisotopic (exact) mass is 450 g/mol. The summed E-state index contributed by atoms with van der Waals surface area (Å²) in [6.45, 7) is 5.79. The van der Waals surface area contributed by atoms with Gasteiger partial charge in [-0.15, -0.1) is 0 Å². The minimum Gasteiger partial charge on any atom is -0.466 e. The van der Waals surface area contributed by atoms with E-state index in [0.717, 1.165) is 0 Å². The quantitative estimate of drug-likeness (QED) is 0.207. The zero-order chi connectivity index (χ0) is 22.9. The predicted octanol–water partition coefficient (Wildman–Crippen LogP) is 5.04. The Morgan fingerprint density at radius 3 is 2.42 bits per heavy atom. The van der Waals surface area contributed by atoms with Gasteiger partial charge in [0.15, 0.2) is 0 Å². The number of rotatable bonds is 12. The van der Waals surface area contributed by atoms with Crippen LogP contribution in [-0.2, 0) is 20.5 Å². The Hall–Kier alpha value is -2.90. The van der Waals surface area contributed by atoms with Crippen molar-refractivity contribution in [3.8, 4) is 11.5 Å². The van der Waals surface area contributed by atoms with E-state index >= 15 is 0 Å². The summed E-state index contributed by atoms with van der Waals surface area (Å²) < 4.78 is 30.0. The van der Waals surface area contributed by atoms with Crippen LogP contribution >= 0.6 is 7.75 Å². The molecule has 168 valence electrons. The molecule has 2 aromatic carbocycles. The smallest absolute Gasteiger partial charge is 0.466 e. The van der Waals surface area contributed by atoms with Crippen molar-refractivity contribution < 1.29 is 28.1 Å². The highest BCUT2D eigenvalue weighted by Crippen LogP contribution is 2.46. The van der Waals surface area contributed by atoms with E-state index in [1.807, 2.05) is 13.8 Å². The van der Waals surface area contributed by atoms with E-state index in [1.54, 1.807) is 31.2 Å². The van der Waals surface area contributed by atoms with Gasteiger partial charge in [0, 0.05) is 24.6 Å². The number of aryl methyl sites for hydroxylation is 1. The maximum Gasteiger partial charge on any atom is 0.513 e. The zero-order valence-corrected chi connectivity index (χ0v) is 18.7. The van der Waals surface area contributed by atoms with Crippen molar-refractivity contribution in [1.29, 1.82) is 0 Å². The van der Waals surface area contributed by atoms with Crippen LogP contribution in [0.3, 0.4) is 0 Å². The first kappa shape index (κ1) is 24.4. The number of hydrogen-bond acceptors (Lipinski definition) is 7. The van der Waals surface area contributed by atoms with E-state index in [0.29, 0.717) is 30.8 Å². The molecular weight excluding hydrogens is 423 g/mol.